The summed E-state index contributed by atoms with van der Waals surface area (Å²) >= 11 is 3.34. The lowest BCUT2D eigenvalue weighted by Gasteiger charge is -2.04. The first-order chi connectivity index (χ1) is 11.1. The summed E-state index contributed by atoms with van der Waals surface area (Å²) in [6.45, 7) is 1.63. The highest BCUT2D eigenvalue weighted by Gasteiger charge is 2.15. The predicted octanol–water partition coefficient (Wildman–Crippen LogP) is 3.34. The molecule has 0 saturated heterocycles. The number of rotatable bonds is 7. The summed E-state index contributed by atoms with van der Waals surface area (Å²) in [5.74, 6) is -0.185. The smallest absolute Gasteiger partial charge is 0.374 e. The van der Waals surface area contributed by atoms with Crippen LogP contribution in [0.15, 0.2) is 45.3 Å². The maximum Gasteiger partial charge on any atom is 0.374 e. The lowest BCUT2D eigenvalue weighted by Crippen LogP contribution is -2.16. The van der Waals surface area contributed by atoms with Gasteiger partial charge in [-0.1, -0.05) is 15.9 Å². The second-order valence-electron chi connectivity index (χ2n) is 4.39. The van der Waals surface area contributed by atoms with Crippen LogP contribution < -0.4 is 4.74 Å². The number of ether oxygens (including phenoxy) is 3. The molecule has 23 heavy (non-hydrogen) atoms. The summed E-state index contributed by atoms with van der Waals surface area (Å²) < 4.78 is 21.2. The Hall–Kier alpha value is -2.28. The van der Waals surface area contributed by atoms with Crippen LogP contribution in [0.3, 0.4) is 0 Å². The second-order valence-corrected chi connectivity index (χ2v) is 5.31. The van der Waals surface area contributed by atoms with Crippen molar-refractivity contribution >= 4 is 27.9 Å². The van der Waals surface area contributed by atoms with Gasteiger partial charge in [-0.2, -0.15) is 0 Å². The zero-order valence-corrected chi connectivity index (χ0v) is 14.0. The van der Waals surface area contributed by atoms with Gasteiger partial charge in [0.2, 0.25) is 5.76 Å². The van der Waals surface area contributed by atoms with Crippen LogP contribution in [0.2, 0.25) is 0 Å². The van der Waals surface area contributed by atoms with Gasteiger partial charge in [-0.05, 0) is 43.3 Å². The Morgan fingerprint density at radius 3 is 2.52 bits per heavy atom. The molecular weight excluding hydrogens is 368 g/mol. The van der Waals surface area contributed by atoms with Crippen molar-refractivity contribution in [2.75, 3.05) is 13.2 Å². The SMILES string of the molecule is CCOC(=O)COC(=O)c1ccc(COc2ccc(Br)cc2)o1. The molecule has 0 aliphatic rings. The number of benzene rings is 1. The minimum atomic E-state index is -0.729. The molecule has 2 rings (SSSR count). The van der Waals surface area contributed by atoms with Gasteiger partial charge in [0.15, 0.2) is 6.61 Å². The van der Waals surface area contributed by atoms with Crippen molar-refractivity contribution in [3.05, 3.63) is 52.4 Å². The highest BCUT2D eigenvalue weighted by atomic mass is 79.9. The molecule has 0 atom stereocenters. The first-order valence-corrected chi connectivity index (χ1v) is 7.67. The summed E-state index contributed by atoms with van der Waals surface area (Å²) in [7, 11) is 0. The Balaban J connectivity index is 1.83. The number of carbonyl (C=O) groups is 2. The van der Waals surface area contributed by atoms with Crippen LogP contribution >= 0.6 is 15.9 Å². The fraction of sp³-hybridized carbons (Fsp3) is 0.250. The van der Waals surface area contributed by atoms with E-state index in [4.69, 9.17) is 13.9 Å². The highest BCUT2D eigenvalue weighted by Crippen LogP contribution is 2.18. The molecule has 0 aliphatic heterocycles. The van der Waals surface area contributed by atoms with Gasteiger partial charge in [-0.25, -0.2) is 9.59 Å². The second kappa shape index (κ2) is 8.38. The summed E-state index contributed by atoms with van der Waals surface area (Å²) in [5, 5.41) is 0. The van der Waals surface area contributed by atoms with Gasteiger partial charge in [0.25, 0.3) is 0 Å². The van der Waals surface area contributed by atoms with Crippen molar-refractivity contribution in [2.24, 2.45) is 0 Å². The van der Waals surface area contributed by atoms with Crippen molar-refractivity contribution in [3.63, 3.8) is 0 Å². The lowest BCUT2D eigenvalue weighted by molar-refractivity contribution is -0.146. The van der Waals surface area contributed by atoms with Crippen LogP contribution in [0.1, 0.15) is 23.2 Å². The van der Waals surface area contributed by atoms with Gasteiger partial charge in [0.05, 0.1) is 6.61 Å². The van der Waals surface area contributed by atoms with Gasteiger partial charge >= 0.3 is 11.9 Å². The van der Waals surface area contributed by atoms with Gasteiger partial charge < -0.3 is 18.6 Å². The predicted molar refractivity (Wildman–Crippen MR) is 84.1 cm³/mol. The Morgan fingerprint density at radius 1 is 1.09 bits per heavy atom. The molecule has 7 heteroatoms. The molecule has 122 valence electrons. The molecule has 0 amide bonds. The van der Waals surface area contributed by atoms with Gasteiger partial charge in [0, 0.05) is 4.47 Å². The van der Waals surface area contributed by atoms with E-state index in [-0.39, 0.29) is 19.0 Å². The summed E-state index contributed by atoms with van der Waals surface area (Å²) in [5.41, 5.74) is 0. The largest absolute Gasteiger partial charge is 0.486 e. The van der Waals surface area contributed by atoms with Crippen molar-refractivity contribution in [3.8, 4) is 5.75 Å². The molecule has 0 N–H and O–H groups in total. The lowest BCUT2D eigenvalue weighted by atomic mass is 10.3. The molecular formula is C16H15BrO6. The van der Waals surface area contributed by atoms with E-state index in [0.29, 0.717) is 11.5 Å². The first-order valence-electron chi connectivity index (χ1n) is 6.88. The molecule has 0 fully saturated rings. The molecule has 0 aliphatic carbocycles. The molecule has 1 aromatic carbocycles. The third-order valence-corrected chi connectivity index (χ3v) is 3.21. The molecule has 0 unspecified atom stereocenters. The van der Waals surface area contributed by atoms with Crippen molar-refractivity contribution in [2.45, 2.75) is 13.5 Å². The fourth-order valence-corrected chi connectivity index (χ4v) is 1.91. The normalized spacial score (nSPS) is 10.2. The van der Waals surface area contributed by atoms with Gasteiger partial charge in [-0.3, -0.25) is 0 Å². The average molecular weight is 383 g/mol. The number of hydrogen-bond donors (Lipinski definition) is 0. The molecule has 1 aromatic heterocycles. The third kappa shape index (κ3) is 5.45. The van der Waals surface area contributed by atoms with Crippen molar-refractivity contribution < 1.29 is 28.2 Å². The Kier molecular flexibility index (Phi) is 6.22. The van der Waals surface area contributed by atoms with E-state index in [2.05, 4.69) is 20.7 Å². The zero-order valence-electron chi connectivity index (χ0n) is 12.4. The Morgan fingerprint density at radius 2 is 1.83 bits per heavy atom. The fourth-order valence-electron chi connectivity index (χ4n) is 1.65. The number of furan rings is 1. The quantitative estimate of drug-likeness (QED) is 0.683. The number of hydrogen-bond acceptors (Lipinski definition) is 6. The number of esters is 2. The van der Waals surface area contributed by atoms with Crippen LogP contribution in [-0.2, 0) is 20.9 Å². The molecule has 0 bridgehead atoms. The zero-order chi connectivity index (χ0) is 16.7. The number of halogens is 1. The van der Waals surface area contributed by atoms with Gasteiger partial charge in [-0.15, -0.1) is 0 Å². The minimum Gasteiger partial charge on any atom is -0.486 e. The number of carbonyl (C=O) groups excluding carboxylic acids is 2. The molecule has 0 radical (unpaired) electrons. The third-order valence-electron chi connectivity index (χ3n) is 2.68. The Bertz CT molecular complexity index is 661. The molecule has 6 nitrogen and oxygen atoms in total. The topological polar surface area (TPSA) is 75.0 Å². The summed E-state index contributed by atoms with van der Waals surface area (Å²) in [4.78, 5) is 22.8. The minimum absolute atomic E-state index is 0.00343. The van der Waals surface area contributed by atoms with E-state index < -0.39 is 18.5 Å². The van der Waals surface area contributed by atoms with Crippen LogP contribution in [-0.4, -0.2) is 25.2 Å². The van der Waals surface area contributed by atoms with E-state index in [1.54, 1.807) is 13.0 Å². The van der Waals surface area contributed by atoms with E-state index in [0.717, 1.165) is 4.47 Å². The van der Waals surface area contributed by atoms with Crippen molar-refractivity contribution in [1.82, 2.24) is 0 Å². The monoisotopic (exact) mass is 382 g/mol. The molecule has 2 aromatic rings. The maximum absolute atomic E-state index is 11.7. The first kappa shape index (κ1) is 17.1. The standard InChI is InChI=1S/C16H15BrO6/c1-2-20-15(18)10-22-16(19)14-8-7-13(23-14)9-21-12-5-3-11(17)4-6-12/h3-8H,2,9-10H2,1H3. The molecule has 1 heterocycles. The van der Waals surface area contributed by atoms with Crippen LogP contribution in [0, 0.1) is 0 Å². The van der Waals surface area contributed by atoms with Crippen molar-refractivity contribution in [1.29, 1.82) is 0 Å². The average Bonchev–Trinajstić information content (AvgIpc) is 3.01. The van der Waals surface area contributed by atoms with E-state index in [9.17, 15) is 9.59 Å². The van der Waals surface area contributed by atoms with E-state index in [1.165, 1.54) is 6.07 Å². The van der Waals surface area contributed by atoms with Crippen LogP contribution in [0.4, 0.5) is 0 Å². The van der Waals surface area contributed by atoms with E-state index in [1.807, 2.05) is 24.3 Å². The Labute approximate surface area is 141 Å². The van der Waals surface area contributed by atoms with Gasteiger partial charge in [0.1, 0.15) is 18.1 Å². The van der Waals surface area contributed by atoms with E-state index >= 15 is 0 Å². The highest BCUT2D eigenvalue weighted by molar-refractivity contribution is 9.10. The molecule has 0 spiro atoms. The molecule has 0 saturated carbocycles. The summed E-state index contributed by atoms with van der Waals surface area (Å²) in [6.07, 6.45) is 0. The van der Waals surface area contributed by atoms with Crippen LogP contribution in [0.5, 0.6) is 5.75 Å². The maximum atomic E-state index is 11.7. The van der Waals surface area contributed by atoms with Crippen LogP contribution in [0.25, 0.3) is 0 Å². The summed E-state index contributed by atoms with van der Waals surface area (Å²) in [6, 6.07) is 10.4.